The molecular formula is C9H20O5. The molecule has 0 aliphatic rings. The summed E-state index contributed by atoms with van der Waals surface area (Å²) in [5, 5.41) is 44.6. The van der Waals surface area contributed by atoms with Gasteiger partial charge in [-0.25, -0.2) is 0 Å². The van der Waals surface area contributed by atoms with E-state index < -0.39 is 24.9 Å². The molecule has 5 nitrogen and oxygen atoms in total. The lowest BCUT2D eigenvalue weighted by molar-refractivity contribution is -0.0787. The zero-order valence-corrected chi connectivity index (χ0v) is 8.21. The first-order valence-electron chi connectivity index (χ1n) is 4.89. The van der Waals surface area contributed by atoms with Crippen molar-refractivity contribution in [1.29, 1.82) is 0 Å². The maximum atomic E-state index is 9.33. The summed E-state index contributed by atoms with van der Waals surface area (Å²) in [5.74, 6) is 0. The molecule has 14 heavy (non-hydrogen) atoms. The molecule has 5 N–H and O–H groups in total. The Balaban J connectivity index is 3.56. The van der Waals surface area contributed by atoms with Gasteiger partial charge in [-0.3, -0.25) is 0 Å². The summed E-state index contributed by atoms with van der Waals surface area (Å²) in [6.45, 7) is -0.438. The SMILES string of the molecule is OCCCCCC(O)C(O)C(O)CO. The second-order valence-electron chi connectivity index (χ2n) is 3.38. The Kier molecular flexibility index (Phi) is 8.02. The molecule has 0 fully saturated rings. The van der Waals surface area contributed by atoms with Gasteiger partial charge in [0.25, 0.3) is 0 Å². The second kappa shape index (κ2) is 8.14. The van der Waals surface area contributed by atoms with E-state index in [4.69, 9.17) is 15.3 Å². The molecule has 3 unspecified atom stereocenters. The third kappa shape index (κ3) is 5.51. The highest BCUT2D eigenvalue weighted by molar-refractivity contribution is 4.74. The summed E-state index contributed by atoms with van der Waals surface area (Å²) in [4.78, 5) is 0. The molecular weight excluding hydrogens is 188 g/mol. The lowest BCUT2D eigenvalue weighted by Gasteiger charge is -2.21. The average molecular weight is 208 g/mol. The molecule has 0 saturated heterocycles. The summed E-state index contributed by atoms with van der Waals surface area (Å²) >= 11 is 0. The number of hydrogen-bond acceptors (Lipinski definition) is 5. The Bertz CT molecular complexity index is 130. The van der Waals surface area contributed by atoms with Gasteiger partial charge in [0.15, 0.2) is 0 Å². The average Bonchev–Trinajstić information content (AvgIpc) is 2.21. The van der Waals surface area contributed by atoms with E-state index in [0.29, 0.717) is 19.3 Å². The molecule has 0 bridgehead atoms. The summed E-state index contributed by atoms with van der Waals surface area (Å²) in [6, 6.07) is 0. The van der Waals surface area contributed by atoms with Crippen molar-refractivity contribution in [3.8, 4) is 0 Å². The van der Waals surface area contributed by atoms with Crippen LogP contribution in [0.4, 0.5) is 0 Å². The summed E-state index contributed by atoms with van der Waals surface area (Å²) in [5.41, 5.74) is 0. The molecule has 3 atom stereocenters. The number of rotatable bonds is 8. The van der Waals surface area contributed by atoms with Gasteiger partial charge >= 0.3 is 0 Å². The molecule has 0 amide bonds. The van der Waals surface area contributed by atoms with E-state index in [9.17, 15) is 10.2 Å². The Morgan fingerprint density at radius 1 is 0.786 bits per heavy atom. The van der Waals surface area contributed by atoms with Crippen molar-refractivity contribution in [2.75, 3.05) is 13.2 Å². The van der Waals surface area contributed by atoms with Gasteiger partial charge in [-0.15, -0.1) is 0 Å². The summed E-state index contributed by atoms with van der Waals surface area (Å²) in [6.07, 6.45) is -1.12. The predicted octanol–water partition coefficient (Wildman–Crippen LogP) is -1.39. The van der Waals surface area contributed by atoms with E-state index >= 15 is 0 Å². The fourth-order valence-corrected chi connectivity index (χ4v) is 1.18. The van der Waals surface area contributed by atoms with Crippen LogP contribution in [0.5, 0.6) is 0 Å². The molecule has 0 spiro atoms. The smallest absolute Gasteiger partial charge is 0.108 e. The highest BCUT2D eigenvalue weighted by atomic mass is 16.4. The van der Waals surface area contributed by atoms with Gasteiger partial charge in [-0.05, 0) is 12.8 Å². The molecule has 0 aromatic carbocycles. The lowest BCUT2D eigenvalue weighted by Crippen LogP contribution is -2.39. The highest BCUT2D eigenvalue weighted by Crippen LogP contribution is 2.09. The number of aliphatic hydroxyl groups is 5. The molecule has 0 aliphatic heterocycles. The largest absolute Gasteiger partial charge is 0.396 e. The van der Waals surface area contributed by atoms with E-state index in [1.165, 1.54) is 0 Å². The van der Waals surface area contributed by atoms with Crippen LogP contribution in [0.25, 0.3) is 0 Å². The number of hydrogen-bond donors (Lipinski definition) is 5. The highest BCUT2D eigenvalue weighted by Gasteiger charge is 2.23. The third-order valence-corrected chi connectivity index (χ3v) is 2.13. The van der Waals surface area contributed by atoms with Crippen LogP contribution in [0, 0.1) is 0 Å². The first-order chi connectivity index (χ1) is 6.63. The lowest BCUT2D eigenvalue weighted by atomic mass is 10.0. The first-order valence-corrected chi connectivity index (χ1v) is 4.89. The van der Waals surface area contributed by atoms with Crippen LogP contribution in [0.2, 0.25) is 0 Å². The summed E-state index contributed by atoms with van der Waals surface area (Å²) in [7, 11) is 0. The molecule has 0 saturated carbocycles. The molecule has 0 aromatic rings. The molecule has 0 aliphatic carbocycles. The van der Waals surface area contributed by atoms with Crippen molar-refractivity contribution in [2.24, 2.45) is 0 Å². The normalized spacial score (nSPS) is 17.8. The van der Waals surface area contributed by atoms with E-state index in [0.717, 1.165) is 6.42 Å². The topological polar surface area (TPSA) is 101 Å². The number of unbranched alkanes of at least 4 members (excludes halogenated alkanes) is 2. The number of aliphatic hydroxyl groups excluding tert-OH is 5. The predicted molar refractivity (Wildman–Crippen MR) is 50.7 cm³/mol. The zero-order chi connectivity index (χ0) is 11.0. The van der Waals surface area contributed by atoms with Gasteiger partial charge < -0.3 is 25.5 Å². The van der Waals surface area contributed by atoms with Gasteiger partial charge in [0.2, 0.25) is 0 Å². The van der Waals surface area contributed by atoms with Gasteiger partial charge in [0, 0.05) is 6.61 Å². The van der Waals surface area contributed by atoms with Crippen LogP contribution in [0.3, 0.4) is 0 Å². The van der Waals surface area contributed by atoms with E-state index in [-0.39, 0.29) is 6.61 Å². The maximum Gasteiger partial charge on any atom is 0.108 e. The Hall–Kier alpha value is -0.200. The van der Waals surface area contributed by atoms with Crippen LogP contribution in [0.15, 0.2) is 0 Å². The quantitative estimate of drug-likeness (QED) is 0.316. The van der Waals surface area contributed by atoms with E-state index in [1.54, 1.807) is 0 Å². The standard InChI is InChI=1S/C9H20O5/c10-5-3-1-2-4-7(12)9(14)8(13)6-11/h7-14H,1-6H2. The third-order valence-electron chi connectivity index (χ3n) is 2.13. The zero-order valence-electron chi connectivity index (χ0n) is 8.21. The molecule has 0 aromatic heterocycles. The second-order valence-corrected chi connectivity index (χ2v) is 3.38. The van der Waals surface area contributed by atoms with Crippen LogP contribution >= 0.6 is 0 Å². The minimum atomic E-state index is -1.30. The minimum Gasteiger partial charge on any atom is -0.396 e. The monoisotopic (exact) mass is 208 g/mol. The Labute approximate surface area is 83.6 Å². The molecule has 0 rings (SSSR count). The summed E-state index contributed by atoms with van der Waals surface area (Å²) < 4.78 is 0. The van der Waals surface area contributed by atoms with Crippen molar-refractivity contribution in [3.05, 3.63) is 0 Å². The minimum absolute atomic E-state index is 0.123. The van der Waals surface area contributed by atoms with Crippen molar-refractivity contribution in [1.82, 2.24) is 0 Å². The van der Waals surface area contributed by atoms with Gasteiger partial charge in [0.1, 0.15) is 12.2 Å². The van der Waals surface area contributed by atoms with Crippen molar-refractivity contribution in [3.63, 3.8) is 0 Å². The van der Waals surface area contributed by atoms with Crippen molar-refractivity contribution < 1.29 is 25.5 Å². The molecule has 0 radical (unpaired) electrons. The molecule has 86 valence electrons. The van der Waals surface area contributed by atoms with Crippen LogP contribution < -0.4 is 0 Å². The Morgan fingerprint density at radius 2 is 1.43 bits per heavy atom. The van der Waals surface area contributed by atoms with Gasteiger partial charge in [-0.2, -0.15) is 0 Å². The van der Waals surface area contributed by atoms with Crippen LogP contribution in [0.1, 0.15) is 25.7 Å². The van der Waals surface area contributed by atoms with Gasteiger partial charge in [-0.1, -0.05) is 12.8 Å². The van der Waals surface area contributed by atoms with E-state index in [2.05, 4.69) is 0 Å². The Morgan fingerprint density at radius 3 is 1.93 bits per heavy atom. The van der Waals surface area contributed by atoms with Crippen molar-refractivity contribution in [2.45, 2.75) is 44.0 Å². The van der Waals surface area contributed by atoms with Crippen molar-refractivity contribution >= 4 is 0 Å². The fourth-order valence-electron chi connectivity index (χ4n) is 1.18. The molecule has 0 heterocycles. The molecule has 5 heteroatoms. The van der Waals surface area contributed by atoms with Crippen LogP contribution in [-0.4, -0.2) is 57.1 Å². The maximum absolute atomic E-state index is 9.33. The fraction of sp³-hybridized carbons (Fsp3) is 1.00. The van der Waals surface area contributed by atoms with Gasteiger partial charge in [0.05, 0.1) is 12.7 Å². The van der Waals surface area contributed by atoms with Crippen LogP contribution in [-0.2, 0) is 0 Å². The first kappa shape index (κ1) is 13.8. The van der Waals surface area contributed by atoms with E-state index in [1.807, 2.05) is 0 Å².